The van der Waals surface area contributed by atoms with Crippen LogP contribution in [0.25, 0.3) is 0 Å². The standard InChI is InChI=1S/C13H20N2O5/c1-7(2)10-11(16)14-5-6-15(10)12(17)8-3-4-9(20-8)13(18)19/h7-10H,3-6H2,1-2H3,(H,14,16)(H,18,19)/t8-,9+,10?/m0/s1. The van der Waals surface area contributed by atoms with Gasteiger partial charge < -0.3 is 20.1 Å². The van der Waals surface area contributed by atoms with Crippen LogP contribution < -0.4 is 5.32 Å². The molecule has 1 unspecified atom stereocenters. The molecular weight excluding hydrogens is 264 g/mol. The summed E-state index contributed by atoms with van der Waals surface area (Å²) in [6, 6.07) is -0.510. The van der Waals surface area contributed by atoms with E-state index in [2.05, 4.69) is 5.32 Å². The number of carboxylic acids is 1. The lowest BCUT2D eigenvalue weighted by atomic mass is 9.98. The van der Waals surface area contributed by atoms with Crippen molar-refractivity contribution in [1.82, 2.24) is 10.2 Å². The Morgan fingerprint density at radius 2 is 2.00 bits per heavy atom. The summed E-state index contributed by atoms with van der Waals surface area (Å²) >= 11 is 0. The minimum atomic E-state index is -1.04. The van der Waals surface area contributed by atoms with Crippen LogP contribution in [0.3, 0.4) is 0 Å². The predicted molar refractivity (Wildman–Crippen MR) is 68.9 cm³/mol. The van der Waals surface area contributed by atoms with E-state index in [-0.39, 0.29) is 17.7 Å². The summed E-state index contributed by atoms with van der Waals surface area (Å²) in [7, 11) is 0. The van der Waals surface area contributed by atoms with Crippen LogP contribution in [0.4, 0.5) is 0 Å². The van der Waals surface area contributed by atoms with Gasteiger partial charge in [0.2, 0.25) is 5.91 Å². The summed E-state index contributed by atoms with van der Waals surface area (Å²) < 4.78 is 5.28. The lowest BCUT2D eigenvalue weighted by molar-refractivity contribution is -0.159. The van der Waals surface area contributed by atoms with Crippen molar-refractivity contribution in [3.8, 4) is 0 Å². The van der Waals surface area contributed by atoms with E-state index in [1.165, 1.54) is 4.90 Å². The summed E-state index contributed by atoms with van der Waals surface area (Å²) in [5, 5.41) is 11.6. The summed E-state index contributed by atoms with van der Waals surface area (Å²) in [5.74, 6) is -1.48. The first-order valence-electron chi connectivity index (χ1n) is 6.88. The van der Waals surface area contributed by atoms with E-state index in [0.717, 1.165) is 0 Å². The van der Waals surface area contributed by atoms with Crippen molar-refractivity contribution >= 4 is 17.8 Å². The monoisotopic (exact) mass is 284 g/mol. The van der Waals surface area contributed by atoms with Gasteiger partial charge >= 0.3 is 5.97 Å². The minimum absolute atomic E-state index is 0.00377. The van der Waals surface area contributed by atoms with Gasteiger partial charge in [-0.15, -0.1) is 0 Å². The smallest absolute Gasteiger partial charge is 0.332 e. The van der Waals surface area contributed by atoms with Crippen molar-refractivity contribution < 1.29 is 24.2 Å². The highest BCUT2D eigenvalue weighted by Gasteiger charge is 2.42. The lowest BCUT2D eigenvalue weighted by Gasteiger charge is -2.38. The topological polar surface area (TPSA) is 95.9 Å². The van der Waals surface area contributed by atoms with E-state index < -0.39 is 24.2 Å². The number of carbonyl (C=O) groups excluding carboxylic acids is 2. The maximum atomic E-state index is 12.5. The van der Waals surface area contributed by atoms with Gasteiger partial charge in [0.1, 0.15) is 12.1 Å². The van der Waals surface area contributed by atoms with Gasteiger partial charge in [0, 0.05) is 13.1 Å². The molecule has 0 aromatic carbocycles. The Bertz CT molecular complexity index is 423. The summed E-state index contributed by atoms with van der Waals surface area (Å²) in [5.41, 5.74) is 0. The van der Waals surface area contributed by atoms with Crippen molar-refractivity contribution in [3.05, 3.63) is 0 Å². The molecule has 2 rings (SSSR count). The molecule has 0 radical (unpaired) electrons. The number of nitrogens with zero attached hydrogens (tertiary/aromatic N) is 1. The fourth-order valence-electron chi connectivity index (χ4n) is 2.78. The third kappa shape index (κ3) is 2.77. The van der Waals surface area contributed by atoms with Gasteiger partial charge in [-0.3, -0.25) is 9.59 Å². The number of hydrogen-bond acceptors (Lipinski definition) is 4. The summed E-state index contributed by atoms with van der Waals surface area (Å²) in [6.45, 7) is 4.62. The number of nitrogens with one attached hydrogen (secondary N) is 1. The van der Waals surface area contributed by atoms with Gasteiger partial charge in [-0.05, 0) is 18.8 Å². The molecule has 2 N–H and O–H groups in total. The van der Waals surface area contributed by atoms with Gasteiger partial charge in [-0.2, -0.15) is 0 Å². The molecular formula is C13H20N2O5. The Hall–Kier alpha value is -1.63. The van der Waals surface area contributed by atoms with Crippen molar-refractivity contribution in [2.75, 3.05) is 13.1 Å². The third-order valence-electron chi connectivity index (χ3n) is 3.74. The quantitative estimate of drug-likeness (QED) is 0.735. The van der Waals surface area contributed by atoms with E-state index >= 15 is 0 Å². The molecule has 2 heterocycles. The van der Waals surface area contributed by atoms with Crippen LogP contribution in [0.15, 0.2) is 0 Å². The predicted octanol–water partition coefficient (Wildman–Crippen LogP) is -0.398. The van der Waals surface area contributed by atoms with Gasteiger partial charge in [0.15, 0.2) is 6.10 Å². The molecule has 7 nitrogen and oxygen atoms in total. The van der Waals surface area contributed by atoms with E-state index in [9.17, 15) is 14.4 Å². The summed E-state index contributed by atoms with van der Waals surface area (Å²) in [6.07, 6.45) is -0.944. The highest BCUT2D eigenvalue weighted by molar-refractivity contribution is 5.91. The maximum Gasteiger partial charge on any atom is 0.332 e. The van der Waals surface area contributed by atoms with Crippen molar-refractivity contribution in [2.45, 2.75) is 44.9 Å². The number of carbonyl (C=O) groups is 3. The first-order valence-corrected chi connectivity index (χ1v) is 6.88. The van der Waals surface area contributed by atoms with E-state index in [0.29, 0.717) is 25.9 Å². The van der Waals surface area contributed by atoms with Crippen LogP contribution in [0, 0.1) is 5.92 Å². The second-order valence-corrected chi connectivity index (χ2v) is 5.54. The van der Waals surface area contributed by atoms with Gasteiger partial charge in [-0.1, -0.05) is 13.8 Å². The zero-order chi connectivity index (χ0) is 14.9. The largest absolute Gasteiger partial charge is 0.479 e. The Balaban J connectivity index is 2.07. The number of rotatable bonds is 3. The van der Waals surface area contributed by atoms with Crippen LogP contribution in [0.2, 0.25) is 0 Å². The van der Waals surface area contributed by atoms with Gasteiger partial charge in [0.05, 0.1) is 0 Å². The second kappa shape index (κ2) is 5.78. The zero-order valence-electron chi connectivity index (χ0n) is 11.7. The van der Waals surface area contributed by atoms with Gasteiger partial charge in [-0.25, -0.2) is 4.79 Å². The van der Waals surface area contributed by atoms with Crippen molar-refractivity contribution in [3.63, 3.8) is 0 Å². The number of ether oxygens (including phenoxy) is 1. The van der Waals surface area contributed by atoms with E-state index in [1.807, 2.05) is 13.8 Å². The van der Waals surface area contributed by atoms with Crippen molar-refractivity contribution in [2.24, 2.45) is 5.92 Å². The number of aliphatic carboxylic acids is 1. The SMILES string of the molecule is CC(C)C1C(=O)NCCN1C(=O)[C@@H]1CC[C@H](C(=O)O)O1. The number of amides is 2. The first kappa shape index (κ1) is 14.8. The highest BCUT2D eigenvalue weighted by Crippen LogP contribution is 2.24. The first-order chi connectivity index (χ1) is 9.41. The van der Waals surface area contributed by atoms with Crippen LogP contribution >= 0.6 is 0 Å². The Labute approximate surface area is 117 Å². The molecule has 2 fully saturated rings. The molecule has 0 spiro atoms. The molecule has 112 valence electrons. The Morgan fingerprint density at radius 1 is 1.35 bits per heavy atom. The fourth-order valence-corrected chi connectivity index (χ4v) is 2.78. The molecule has 7 heteroatoms. The molecule has 0 bridgehead atoms. The van der Waals surface area contributed by atoms with Crippen LogP contribution in [0.5, 0.6) is 0 Å². The minimum Gasteiger partial charge on any atom is -0.479 e. The zero-order valence-corrected chi connectivity index (χ0v) is 11.7. The molecule has 3 atom stereocenters. The molecule has 2 amide bonds. The molecule has 2 saturated heterocycles. The number of carboxylic acid groups (broad SMARTS) is 1. The number of piperazine rings is 1. The lowest BCUT2D eigenvalue weighted by Crippen LogP contribution is -2.61. The molecule has 2 aliphatic heterocycles. The van der Waals surface area contributed by atoms with E-state index in [1.54, 1.807) is 0 Å². The third-order valence-corrected chi connectivity index (χ3v) is 3.74. The molecule has 20 heavy (non-hydrogen) atoms. The van der Waals surface area contributed by atoms with Crippen LogP contribution in [-0.2, 0) is 19.1 Å². The fraction of sp³-hybridized carbons (Fsp3) is 0.769. The average molecular weight is 284 g/mol. The normalized spacial score (nSPS) is 30.4. The van der Waals surface area contributed by atoms with E-state index in [4.69, 9.17) is 9.84 Å². The molecule has 0 aliphatic carbocycles. The Morgan fingerprint density at radius 3 is 2.55 bits per heavy atom. The van der Waals surface area contributed by atoms with Crippen LogP contribution in [0.1, 0.15) is 26.7 Å². The average Bonchev–Trinajstić information content (AvgIpc) is 2.86. The van der Waals surface area contributed by atoms with Crippen LogP contribution in [-0.4, -0.2) is 59.1 Å². The summed E-state index contributed by atoms with van der Waals surface area (Å²) in [4.78, 5) is 36.7. The highest BCUT2D eigenvalue weighted by atomic mass is 16.5. The molecule has 2 aliphatic rings. The molecule has 0 aromatic rings. The molecule has 0 saturated carbocycles. The molecule has 0 aromatic heterocycles. The van der Waals surface area contributed by atoms with Crippen molar-refractivity contribution in [1.29, 1.82) is 0 Å². The number of hydrogen-bond donors (Lipinski definition) is 2. The second-order valence-electron chi connectivity index (χ2n) is 5.54. The van der Waals surface area contributed by atoms with Gasteiger partial charge in [0.25, 0.3) is 5.91 Å². The maximum absolute atomic E-state index is 12.5. The Kier molecular flexibility index (Phi) is 4.27.